The fourth-order valence-corrected chi connectivity index (χ4v) is 4.09. The summed E-state index contributed by atoms with van der Waals surface area (Å²) >= 11 is 0. The molecule has 0 saturated carbocycles. The third-order valence-corrected chi connectivity index (χ3v) is 5.86. The number of amides is 1. The number of hydrogen-bond acceptors (Lipinski definition) is 8. The Bertz CT molecular complexity index is 1240. The van der Waals surface area contributed by atoms with Gasteiger partial charge in [-0.1, -0.05) is 6.07 Å². The van der Waals surface area contributed by atoms with E-state index in [1.807, 2.05) is 31.3 Å². The van der Waals surface area contributed by atoms with E-state index < -0.39 is 0 Å². The number of anilines is 1. The lowest BCUT2D eigenvalue weighted by Crippen LogP contribution is -2.22. The van der Waals surface area contributed by atoms with E-state index in [2.05, 4.69) is 15.1 Å². The van der Waals surface area contributed by atoms with Gasteiger partial charge in [0.15, 0.2) is 5.75 Å². The van der Waals surface area contributed by atoms with Gasteiger partial charge in [0, 0.05) is 43.9 Å². The van der Waals surface area contributed by atoms with Gasteiger partial charge < -0.3 is 23.8 Å². The van der Waals surface area contributed by atoms with Crippen molar-refractivity contribution in [2.24, 2.45) is 4.99 Å². The van der Waals surface area contributed by atoms with Crippen LogP contribution in [0.5, 0.6) is 11.6 Å². The second-order valence-electron chi connectivity index (χ2n) is 8.26. The molecule has 2 aromatic heterocycles. The molecule has 36 heavy (non-hydrogen) atoms. The van der Waals surface area contributed by atoms with Gasteiger partial charge in [0.25, 0.3) is 11.8 Å². The number of hydrogen-bond donors (Lipinski definition) is 0. The average Bonchev–Trinajstić information content (AvgIpc) is 3.49. The molecule has 0 radical (unpaired) electrons. The Balaban J connectivity index is 1.50. The molecule has 1 aliphatic heterocycles. The van der Waals surface area contributed by atoms with Crippen LogP contribution in [0.1, 0.15) is 21.5 Å². The second kappa shape index (κ2) is 11.8. The Hall–Kier alpha value is -3.76. The van der Waals surface area contributed by atoms with Crippen molar-refractivity contribution in [3.8, 4) is 22.8 Å². The van der Waals surface area contributed by atoms with Crippen molar-refractivity contribution in [3.63, 3.8) is 0 Å². The predicted molar refractivity (Wildman–Crippen MR) is 136 cm³/mol. The van der Waals surface area contributed by atoms with Gasteiger partial charge in [-0.25, -0.2) is 4.98 Å². The van der Waals surface area contributed by atoms with Crippen LogP contribution in [-0.4, -0.2) is 74.6 Å². The summed E-state index contributed by atoms with van der Waals surface area (Å²) in [7, 11) is 4.93. The molecule has 10 nitrogen and oxygen atoms in total. The number of nitrogens with zero attached hydrogens (tertiary/aromatic N) is 5. The summed E-state index contributed by atoms with van der Waals surface area (Å²) in [4.78, 5) is 23.4. The van der Waals surface area contributed by atoms with Gasteiger partial charge in [-0.2, -0.15) is 5.10 Å². The van der Waals surface area contributed by atoms with E-state index in [1.54, 1.807) is 49.5 Å². The molecule has 0 aliphatic carbocycles. The van der Waals surface area contributed by atoms with Crippen molar-refractivity contribution in [1.29, 1.82) is 0 Å². The molecule has 1 amide bonds. The van der Waals surface area contributed by atoms with Crippen LogP contribution >= 0.6 is 0 Å². The van der Waals surface area contributed by atoms with E-state index in [0.29, 0.717) is 51.1 Å². The molecule has 0 atom stereocenters. The molecule has 1 aromatic carbocycles. The van der Waals surface area contributed by atoms with Crippen LogP contribution in [0.4, 0.5) is 5.69 Å². The van der Waals surface area contributed by atoms with E-state index in [4.69, 9.17) is 18.9 Å². The Morgan fingerprint density at radius 3 is 2.69 bits per heavy atom. The van der Waals surface area contributed by atoms with Gasteiger partial charge in [-0.3, -0.25) is 14.5 Å². The number of carbonyl (C=O) groups is 1. The summed E-state index contributed by atoms with van der Waals surface area (Å²) in [6.45, 7) is 4.82. The van der Waals surface area contributed by atoms with Crippen LogP contribution in [0.15, 0.2) is 41.8 Å². The minimum Gasteiger partial charge on any atom is -0.491 e. The molecule has 0 bridgehead atoms. The molecule has 0 N–H and O–H groups in total. The number of benzene rings is 1. The fourth-order valence-electron chi connectivity index (χ4n) is 4.09. The third kappa shape index (κ3) is 5.55. The number of pyridine rings is 1. The van der Waals surface area contributed by atoms with E-state index >= 15 is 0 Å². The maximum absolute atomic E-state index is 13.2. The van der Waals surface area contributed by atoms with Gasteiger partial charge in [0.05, 0.1) is 51.9 Å². The lowest BCUT2D eigenvalue weighted by molar-refractivity contribution is 0.0532. The SMILES string of the molecule is CN=CCn1cc(N2Cc3cc(-c4cnc(OCCOCCOC)c(OC)c4)cc(C)c3C2=O)cn1. The lowest BCUT2D eigenvalue weighted by atomic mass is 9.97. The largest absolute Gasteiger partial charge is 0.491 e. The zero-order valence-electron chi connectivity index (χ0n) is 21.1. The standard InChI is InChI=1S/C26H31N5O5/c1-18-11-19(20-13-23(34-4)25(28-14-20)36-10-9-35-8-7-33-3)12-21-16-31(26(32)24(18)21)22-15-29-30(17-22)6-5-27-2/h5,11-15,17H,6-10,16H2,1-4H3. The Morgan fingerprint density at radius 1 is 1.08 bits per heavy atom. The highest BCUT2D eigenvalue weighted by Crippen LogP contribution is 2.36. The van der Waals surface area contributed by atoms with Gasteiger partial charge in [0.1, 0.15) is 6.61 Å². The molecule has 3 aromatic rings. The first-order chi connectivity index (χ1) is 17.5. The molecule has 190 valence electrons. The molecular weight excluding hydrogens is 462 g/mol. The van der Waals surface area contributed by atoms with Crippen LogP contribution in [-0.2, 0) is 22.6 Å². The molecule has 0 fully saturated rings. The molecule has 1 aliphatic rings. The van der Waals surface area contributed by atoms with Crippen molar-refractivity contribution in [2.45, 2.75) is 20.0 Å². The molecule has 4 rings (SSSR count). The average molecular weight is 494 g/mol. The molecule has 3 heterocycles. The number of aryl methyl sites for hydroxylation is 1. The maximum atomic E-state index is 13.2. The topological polar surface area (TPSA) is 100 Å². The highest BCUT2D eigenvalue weighted by atomic mass is 16.6. The van der Waals surface area contributed by atoms with Gasteiger partial charge in [-0.05, 0) is 35.7 Å². The monoisotopic (exact) mass is 493 g/mol. The number of rotatable bonds is 12. The van der Waals surface area contributed by atoms with Crippen LogP contribution in [0, 0.1) is 6.92 Å². The van der Waals surface area contributed by atoms with Crippen LogP contribution in [0.2, 0.25) is 0 Å². The van der Waals surface area contributed by atoms with Crippen molar-refractivity contribution >= 4 is 17.8 Å². The van der Waals surface area contributed by atoms with Crippen molar-refractivity contribution in [2.75, 3.05) is 52.6 Å². The Morgan fingerprint density at radius 2 is 1.92 bits per heavy atom. The number of fused-ring (bicyclic) bond motifs is 1. The van der Waals surface area contributed by atoms with Crippen LogP contribution in [0.25, 0.3) is 11.1 Å². The summed E-state index contributed by atoms with van der Waals surface area (Å²) in [6.07, 6.45) is 7.08. The summed E-state index contributed by atoms with van der Waals surface area (Å²) in [5.74, 6) is 0.911. The van der Waals surface area contributed by atoms with Crippen molar-refractivity contribution in [1.82, 2.24) is 14.8 Å². The Kier molecular flexibility index (Phi) is 8.29. The number of carbonyl (C=O) groups excluding carboxylic acids is 1. The first-order valence-corrected chi connectivity index (χ1v) is 11.7. The summed E-state index contributed by atoms with van der Waals surface area (Å²) < 4.78 is 23.4. The Labute approximate surface area is 210 Å². The van der Waals surface area contributed by atoms with E-state index in [9.17, 15) is 4.79 Å². The van der Waals surface area contributed by atoms with Crippen LogP contribution in [0.3, 0.4) is 0 Å². The van der Waals surface area contributed by atoms with Crippen LogP contribution < -0.4 is 14.4 Å². The van der Waals surface area contributed by atoms with Crippen molar-refractivity contribution in [3.05, 3.63) is 53.5 Å². The quantitative estimate of drug-likeness (QED) is 0.282. The molecule has 0 spiro atoms. The van der Waals surface area contributed by atoms with Gasteiger partial charge in [-0.15, -0.1) is 0 Å². The highest BCUT2D eigenvalue weighted by Gasteiger charge is 2.31. The van der Waals surface area contributed by atoms with Crippen molar-refractivity contribution < 1.29 is 23.7 Å². The zero-order valence-corrected chi connectivity index (χ0v) is 21.1. The zero-order chi connectivity index (χ0) is 25.5. The fraction of sp³-hybridized carbons (Fsp3) is 0.385. The lowest BCUT2D eigenvalue weighted by Gasteiger charge is -2.12. The molecular formula is C26H31N5O5. The first kappa shape index (κ1) is 25.3. The number of aliphatic imine (C=N–C) groups is 1. The van der Waals surface area contributed by atoms with E-state index in [-0.39, 0.29) is 5.91 Å². The van der Waals surface area contributed by atoms with E-state index in [1.165, 1.54) is 0 Å². The molecule has 0 unspecified atom stereocenters. The van der Waals surface area contributed by atoms with E-state index in [0.717, 1.165) is 33.5 Å². The highest BCUT2D eigenvalue weighted by molar-refractivity contribution is 6.11. The predicted octanol–water partition coefficient (Wildman–Crippen LogP) is 3.16. The normalized spacial score (nSPS) is 13.0. The molecule has 0 saturated heterocycles. The van der Waals surface area contributed by atoms with Gasteiger partial charge in [0.2, 0.25) is 0 Å². The second-order valence-corrected chi connectivity index (χ2v) is 8.26. The summed E-state index contributed by atoms with van der Waals surface area (Å²) in [5, 5.41) is 4.33. The summed E-state index contributed by atoms with van der Waals surface area (Å²) in [5.41, 5.74) is 5.20. The third-order valence-electron chi connectivity index (χ3n) is 5.86. The maximum Gasteiger partial charge on any atom is 0.259 e. The van der Waals surface area contributed by atoms with Gasteiger partial charge >= 0.3 is 0 Å². The minimum absolute atomic E-state index is 0.0232. The number of aromatic nitrogens is 3. The number of ether oxygens (including phenoxy) is 4. The smallest absolute Gasteiger partial charge is 0.259 e. The number of methoxy groups -OCH3 is 2. The molecule has 10 heteroatoms. The minimum atomic E-state index is -0.0232. The first-order valence-electron chi connectivity index (χ1n) is 11.7. The summed E-state index contributed by atoms with van der Waals surface area (Å²) in [6, 6.07) is 5.93.